The molecule has 1 atom stereocenters. The minimum Gasteiger partial charge on any atom is -0.469 e. The van der Waals surface area contributed by atoms with Crippen LogP contribution in [0, 0.1) is 11.7 Å². The number of esters is 1. The number of hydrogen-bond donors (Lipinski definition) is 0. The molecule has 0 aliphatic carbocycles. The Hall–Kier alpha value is -2.15. The Morgan fingerprint density at radius 3 is 2.43 bits per heavy atom. The summed E-state index contributed by atoms with van der Waals surface area (Å²) in [6, 6.07) is 6.46. The zero-order chi connectivity index (χ0) is 20.7. The highest BCUT2D eigenvalue weighted by Gasteiger charge is 2.27. The van der Waals surface area contributed by atoms with Crippen molar-refractivity contribution in [1.82, 2.24) is 9.80 Å². The van der Waals surface area contributed by atoms with Gasteiger partial charge in [-0.05, 0) is 50.8 Å². The van der Waals surface area contributed by atoms with Crippen LogP contribution in [0.5, 0.6) is 0 Å². The molecule has 0 radical (unpaired) electrons. The molecule has 6 nitrogen and oxygen atoms in total. The Labute approximate surface area is 166 Å². The SMILES string of the molecule is COC(=O)CC(Cc1cccc(F)c1)CN1CCN(C(=O)OC(C)(C)C)CC1. The summed E-state index contributed by atoms with van der Waals surface area (Å²) in [7, 11) is 1.38. The average molecular weight is 394 g/mol. The van der Waals surface area contributed by atoms with Gasteiger partial charge in [0, 0.05) is 39.1 Å². The first-order valence-electron chi connectivity index (χ1n) is 9.68. The standard InChI is InChI=1S/C21H31FN2O4/c1-21(2,3)28-20(26)24-10-8-23(9-11-24)15-17(14-19(25)27-4)12-16-6-5-7-18(22)13-16/h5-7,13,17H,8-12,14-15H2,1-4H3. The lowest BCUT2D eigenvalue weighted by atomic mass is 9.95. The van der Waals surface area contributed by atoms with Gasteiger partial charge in [0.2, 0.25) is 0 Å². The van der Waals surface area contributed by atoms with Crippen molar-refractivity contribution in [1.29, 1.82) is 0 Å². The topological polar surface area (TPSA) is 59.1 Å². The lowest BCUT2D eigenvalue weighted by molar-refractivity contribution is -0.141. The first-order valence-corrected chi connectivity index (χ1v) is 9.68. The van der Waals surface area contributed by atoms with Crippen molar-refractivity contribution in [3.8, 4) is 0 Å². The van der Waals surface area contributed by atoms with E-state index in [0.29, 0.717) is 39.1 Å². The molecule has 1 aromatic rings. The van der Waals surface area contributed by atoms with Crippen LogP contribution in [-0.4, -0.2) is 67.3 Å². The number of hydrogen-bond acceptors (Lipinski definition) is 5. The van der Waals surface area contributed by atoms with Gasteiger partial charge in [0.15, 0.2) is 0 Å². The maximum Gasteiger partial charge on any atom is 0.410 e. The molecule has 28 heavy (non-hydrogen) atoms. The maximum absolute atomic E-state index is 13.5. The van der Waals surface area contributed by atoms with Crippen LogP contribution in [-0.2, 0) is 20.7 Å². The van der Waals surface area contributed by atoms with Crippen LogP contribution in [0.25, 0.3) is 0 Å². The van der Waals surface area contributed by atoms with Gasteiger partial charge >= 0.3 is 12.1 Å². The molecule has 0 saturated carbocycles. The van der Waals surface area contributed by atoms with Crippen LogP contribution in [0.4, 0.5) is 9.18 Å². The molecule has 1 aromatic carbocycles. The van der Waals surface area contributed by atoms with Crippen molar-refractivity contribution in [2.24, 2.45) is 5.92 Å². The van der Waals surface area contributed by atoms with E-state index in [1.807, 2.05) is 26.8 Å². The molecule has 1 heterocycles. The van der Waals surface area contributed by atoms with Crippen LogP contribution in [0.15, 0.2) is 24.3 Å². The zero-order valence-electron chi connectivity index (χ0n) is 17.2. The number of ether oxygens (including phenoxy) is 2. The molecule has 0 bridgehead atoms. The molecule has 156 valence electrons. The first-order chi connectivity index (χ1) is 13.2. The average Bonchev–Trinajstić information content (AvgIpc) is 2.60. The fourth-order valence-electron chi connectivity index (χ4n) is 3.32. The largest absolute Gasteiger partial charge is 0.469 e. The van der Waals surface area contributed by atoms with Gasteiger partial charge < -0.3 is 14.4 Å². The summed E-state index contributed by atoms with van der Waals surface area (Å²) < 4.78 is 23.7. The number of methoxy groups -OCH3 is 1. The van der Waals surface area contributed by atoms with E-state index in [-0.39, 0.29) is 30.2 Å². The summed E-state index contributed by atoms with van der Waals surface area (Å²) in [5.41, 5.74) is 0.353. The summed E-state index contributed by atoms with van der Waals surface area (Å²) >= 11 is 0. The van der Waals surface area contributed by atoms with E-state index in [1.54, 1.807) is 11.0 Å². The molecule has 1 amide bonds. The van der Waals surface area contributed by atoms with Crippen LogP contribution in [0.1, 0.15) is 32.8 Å². The molecule has 0 aromatic heterocycles. The second kappa shape index (κ2) is 9.87. The van der Waals surface area contributed by atoms with Gasteiger partial charge in [-0.3, -0.25) is 9.69 Å². The Kier molecular flexibility index (Phi) is 7.80. The Morgan fingerprint density at radius 1 is 1.18 bits per heavy atom. The molecule has 1 unspecified atom stereocenters. The molecule has 1 aliphatic heterocycles. The van der Waals surface area contributed by atoms with Crippen LogP contribution in [0.3, 0.4) is 0 Å². The molecular formula is C21H31FN2O4. The Balaban J connectivity index is 1.92. The predicted octanol–water partition coefficient (Wildman–Crippen LogP) is 3.10. The van der Waals surface area contributed by atoms with E-state index in [0.717, 1.165) is 5.56 Å². The van der Waals surface area contributed by atoms with E-state index >= 15 is 0 Å². The van der Waals surface area contributed by atoms with Crippen LogP contribution >= 0.6 is 0 Å². The van der Waals surface area contributed by atoms with Crippen molar-refractivity contribution < 1.29 is 23.5 Å². The molecule has 2 rings (SSSR count). The van der Waals surface area contributed by atoms with Gasteiger partial charge in [-0.15, -0.1) is 0 Å². The Morgan fingerprint density at radius 2 is 1.86 bits per heavy atom. The van der Waals surface area contributed by atoms with Gasteiger partial charge in [-0.2, -0.15) is 0 Å². The summed E-state index contributed by atoms with van der Waals surface area (Å²) in [6.07, 6.45) is 0.580. The number of carbonyl (C=O) groups excluding carboxylic acids is 2. The molecule has 0 spiro atoms. The third-order valence-corrected chi connectivity index (χ3v) is 4.64. The third-order valence-electron chi connectivity index (χ3n) is 4.64. The fourth-order valence-corrected chi connectivity index (χ4v) is 3.32. The lowest BCUT2D eigenvalue weighted by Gasteiger charge is -2.37. The quantitative estimate of drug-likeness (QED) is 0.694. The first kappa shape index (κ1) is 22.1. The van der Waals surface area contributed by atoms with Crippen molar-refractivity contribution >= 4 is 12.1 Å². The summed E-state index contributed by atoms with van der Waals surface area (Å²) in [5.74, 6) is -0.531. The monoisotopic (exact) mass is 394 g/mol. The minimum atomic E-state index is -0.509. The van der Waals surface area contributed by atoms with E-state index in [9.17, 15) is 14.0 Å². The normalized spacial score (nSPS) is 16.5. The second-order valence-electron chi connectivity index (χ2n) is 8.25. The van der Waals surface area contributed by atoms with E-state index in [2.05, 4.69) is 4.90 Å². The number of halogens is 1. The smallest absolute Gasteiger partial charge is 0.410 e. The predicted molar refractivity (Wildman–Crippen MR) is 104 cm³/mol. The molecule has 0 N–H and O–H groups in total. The number of amides is 1. The highest BCUT2D eigenvalue weighted by atomic mass is 19.1. The molecule has 1 saturated heterocycles. The van der Waals surface area contributed by atoms with E-state index in [4.69, 9.17) is 9.47 Å². The van der Waals surface area contributed by atoms with Gasteiger partial charge in [0.25, 0.3) is 0 Å². The molecule has 1 fully saturated rings. The van der Waals surface area contributed by atoms with Crippen molar-refractivity contribution in [3.05, 3.63) is 35.6 Å². The molecule has 1 aliphatic rings. The van der Waals surface area contributed by atoms with Gasteiger partial charge in [-0.25, -0.2) is 9.18 Å². The van der Waals surface area contributed by atoms with Crippen molar-refractivity contribution in [3.63, 3.8) is 0 Å². The lowest BCUT2D eigenvalue weighted by Crippen LogP contribution is -2.51. The highest BCUT2D eigenvalue weighted by molar-refractivity contribution is 5.69. The van der Waals surface area contributed by atoms with Gasteiger partial charge in [-0.1, -0.05) is 12.1 Å². The van der Waals surface area contributed by atoms with E-state index < -0.39 is 5.60 Å². The number of piperazine rings is 1. The van der Waals surface area contributed by atoms with Crippen molar-refractivity contribution in [2.45, 2.75) is 39.2 Å². The number of nitrogens with zero attached hydrogens (tertiary/aromatic N) is 2. The summed E-state index contributed by atoms with van der Waals surface area (Å²) in [4.78, 5) is 27.9. The highest BCUT2D eigenvalue weighted by Crippen LogP contribution is 2.18. The fraction of sp³-hybridized carbons (Fsp3) is 0.619. The number of carbonyl (C=O) groups is 2. The number of rotatable bonds is 6. The molecule has 7 heteroatoms. The summed E-state index contributed by atoms with van der Waals surface area (Å²) in [5, 5.41) is 0. The second-order valence-corrected chi connectivity index (χ2v) is 8.25. The van der Waals surface area contributed by atoms with E-state index in [1.165, 1.54) is 19.2 Å². The van der Waals surface area contributed by atoms with Gasteiger partial charge in [0.05, 0.1) is 7.11 Å². The summed E-state index contributed by atoms with van der Waals surface area (Å²) in [6.45, 7) is 8.83. The third kappa shape index (κ3) is 7.46. The van der Waals surface area contributed by atoms with Gasteiger partial charge in [0.1, 0.15) is 11.4 Å². The maximum atomic E-state index is 13.5. The number of benzene rings is 1. The van der Waals surface area contributed by atoms with Crippen LogP contribution in [0.2, 0.25) is 0 Å². The minimum absolute atomic E-state index is 0.0160. The zero-order valence-corrected chi connectivity index (χ0v) is 17.2. The van der Waals surface area contributed by atoms with Crippen molar-refractivity contribution in [2.75, 3.05) is 39.8 Å². The molecular weight excluding hydrogens is 363 g/mol. The Bertz CT molecular complexity index is 667. The van der Waals surface area contributed by atoms with Crippen LogP contribution < -0.4 is 0 Å².